The number of rotatable bonds is 4. The maximum atomic E-state index is 5.64. The van der Waals surface area contributed by atoms with E-state index < -0.39 is 0 Å². The lowest BCUT2D eigenvalue weighted by Gasteiger charge is -2.05. The molecule has 0 aliphatic rings. The summed E-state index contributed by atoms with van der Waals surface area (Å²) in [5.74, 6) is 0.838. The number of nitrogens with one attached hydrogen (secondary N) is 1. The van der Waals surface area contributed by atoms with Crippen LogP contribution in [0.5, 0.6) is 5.75 Å². The largest absolute Gasteiger partial charge is 0.492 e. The van der Waals surface area contributed by atoms with E-state index in [2.05, 4.69) is 19.9 Å². The van der Waals surface area contributed by atoms with E-state index in [1.165, 1.54) is 0 Å². The molecule has 0 atom stereocenters. The average Bonchev–Trinajstić information content (AvgIpc) is 2.97. The number of benzene rings is 1. The van der Waals surface area contributed by atoms with Crippen molar-refractivity contribution in [2.24, 2.45) is 0 Å². The van der Waals surface area contributed by atoms with Crippen LogP contribution >= 0.6 is 23.6 Å². The maximum absolute atomic E-state index is 5.64. The first kappa shape index (κ1) is 13.3. The Kier molecular flexibility index (Phi) is 3.58. The molecule has 4 nitrogen and oxygen atoms in total. The van der Waals surface area contributed by atoms with Crippen molar-refractivity contribution >= 4 is 34.6 Å². The molecule has 0 unspecified atom stereocenters. The number of thiazole rings is 1. The second-order valence-corrected chi connectivity index (χ2v) is 5.81. The minimum Gasteiger partial charge on any atom is -0.492 e. The second kappa shape index (κ2) is 5.38. The van der Waals surface area contributed by atoms with Crippen LogP contribution in [-0.4, -0.2) is 21.1 Å². The van der Waals surface area contributed by atoms with Crippen molar-refractivity contribution < 1.29 is 4.74 Å². The van der Waals surface area contributed by atoms with E-state index >= 15 is 0 Å². The molecule has 0 saturated carbocycles. The predicted molar refractivity (Wildman–Crippen MR) is 84.2 cm³/mol. The van der Waals surface area contributed by atoms with Gasteiger partial charge < -0.3 is 14.3 Å². The van der Waals surface area contributed by atoms with Gasteiger partial charge in [-0.25, -0.2) is 4.98 Å². The summed E-state index contributed by atoms with van der Waals surface area (Å²) >= 11 is 7.09. The van der Waals surface area contributed by atoms with Gasteiger partial charge in [0.15, 0.2) is 4.77 Å². The molecule has 0 spiro atoms. The molecule has 1 N–H and O–H groups in total. The van der Waals surface area contributed by atoms with E-state index in [0.717, 1.165) is 27.5 Å². The third kappa shape index (κ3) is 2.36. The number of aromatic amines is 1. The molecule has 0 bridgehead atoms. The summed E-state index contributed by atoms with van der Waals surface area (Å²) in [5.41, 5.74) is 3.05. The SMILES string of the molecule is CCOc1cccc2c1[nH]c(=S)n2Cc1nc(C)cs1. The highest BCUT2D eigenvalue weighted by atomic mass is 32.1. The minimum atomic E-state index is 0.635. The van der Waals surface area contributed by atoms with E-state index in [9.17, 15) is 0 Å². The number of ether oxygens (including phenoxy) is 1. The molecule has 104 valence electrons. The van der Waals surface area contributed by atoms with Crippen LogP contribution in [-0.2, 0) is 6.54 Å². The van der Waals surface area contributed by atoms with Crippen LogP contribution in [0.15, 0.2) is 23.6 Å². The summed E-state index contributed by atoms with van der Waals surface area (Å²) in [4.78, 5) is 7.74. The Morgan fingerprint density at radius 2 is 2.30 bits per heavy atom. The predicted octanol–water partition coefficient (Wildman–Crippen LogP) is 3.91. The average molecular weight is 305 g/mol. The molecule has 0 amide bonds. The Labute approximate surface area is 126 Å². The number of hydrogen-bond acceptors (Lipinski definition) is 4. The van der Waals surface area contributed by atoms with E-state index in [1.54, 1.807) is 11.3 Å². The third-order valence-corrected chi connectivity index (χ3v) is 4.31. The first-order valence-corrected chi connectivity index (χ1v) is 7.73. The van der Waals surface area contributed by atoms with Gasteiger partial charge in [0, 0.05) is 11.1 Å². The van der Waals surface area contributed by atoms with Crippen molar-refractivity contribution in [3.8, 4) is 5.75 Å². The van der Waals surface area contributed by atoms with Gasteiger partial charge in [0.25, 0.3) is 0 Å². The maximum Gasteiger partial charge on any atom is 0.178 e. The topological polar surface area (TPSA) is 42.8 Å². The fourth-order valence-electron chi connectivity index (χ4n) is 2.20. The fourth-order valence-corrected chi connectivity index (χ4v) is 3.22. The molecular formula is C14H15N3OS2. The summed E-state index contributed by atoms with van der Waals surface area (Å²) in [7, 11) is 0. The monoisotopic (exact) mass is 305 g/mol. The van der Waals surface area contributed by atoms with Gasteiger partial charge in [0.05, 0.1) is 18.7 Å². The third-order valence-electron chi connectivity index (χ3n) is 3.03. The van der Waals surface area contributed by atoms with Crippen LogP contribution < -0.4 is 4.74 Å². The molecular weight excluding hydrogens is 290 g/mol. The molecule has 0 saturated heterocycles. The Morgan fingerprint density at radius 3 is 3.00 bits per heavy atom. The zero-order valence-corrected chi connectivity index (χ0v) is 13.0. The molecule has 2 aromatic heterocycles. The lowest BCUT2D eigenvalue weighted by atomic mass is 10.3. The molecule has 6 heteroatoms. The minimum absolute atomic E-state index is 0.635. The number of aryl methyl sites for hydroxylation is 1. The van der Waals surface area contributed by atoms with Gasteiger partial charge in [-0.05, 0) is 38.2 Å². The molecule has 3 rings (SSSR count). The molecule has 0 aliphatic carbocycles. The van der Waals surface area contributed by atoms with Crippen LogP contribution in [0, 0.1) is 11.7 Å². The molecule has 0 radical (unpaired) electrons. The zero-order valence-electron chi connectivity index (χ0n) is 11.3. The van der Waals surface area contributed by atoms with E-state index in [1.807, 2.05) is 32.0 Å². The van der Waals surface area contributed by atoms with Crippen LogP contribution in [0.1, 0.15) is 17.6 Å². The second-order valence-electron chi connectivity index (χ2n) is 4.48. The standard InChI is InChI=1S/C14H15N3OS2/c1-3-18-11-6-4-5-10-13(11)16-14(19)17(10)7-12-15-9(2)8-20-12/h4-6,8H,3,7H2,1-2H3,(H,16,19). The Balaban J connectivity index is 2.09. The van der Waals surface area contributed by atoms with E-state index in [4.69, 9.17) is 17.0 Å². The lowest BCUT2D eigenvalue weighted by Crippen LogP contribution is -1.99. The first-order valence-electron chi connectivity index (χ1n) is 6.44. The number of H-pyrrole nitrogens is 1. The molecule has 1 aromatic carbocycles. The highest BCUT2D eigenvalue weighted by Crippen LogP contribution is 2.26. The van der Waals surface area contributed by atoms with Crippen LogP contribution in [0.4, 0.5) is 0 Å². The number of nitrogens with zero attached hydrogens (tertiary/aromatic N) is 2. The lowest BCUT2D eigenvalue weighted by molar-refractivity contribution is 0.343. The van der Waals surface area contributed by atoms with Crippen molar-refractivity contribution in [3.63, 3.8) is 0 Å². The van der Waals surface area contributed by atoms with Gasteiger partial charge in [-0.1, -0.05) is 6.07 Å². The summed E-state index contributed by atoms with van der Waals surface area (Å²) in [6.07, 6.45) is 0. The van der Waals surface area contributed by atoms with E-state index in [-0.39, 0.29) is 0 Å². The normalized spacial score (nSPS) is 11.1. The molecule has 0 fully saturated rings. The van der Waals surface area contributed by atoms with Crippen molar-refractivity contribution in [1.29, 1.82) is 0 Å². The van der Waals surface area contributed by atoms with Crippen LogP contribution in [0.3, 0.4) is 0 Å². The van der Waals surface area contributed by atoms with Crippen LogP contribution in [0.25, 0.3) is 11.0 Å². The summed E-state index contributed by atoms with van der Waals surface area (Å²) < 4.78 is 8.39. The summed E-state index contributed by atoms with van der Waals surface area (Å²) in [5, 5.41) is 3.11. The van der Waals surface area contributed by atoms with Gasteiger partial charge in [-0.3, -0.25) is 0 Å². The smallest absolute Gasteiger partial charge is 0.178 e. The molecule has 2 heterocycles. The van der Waals surface area contributed by atoms with Gasteiger partial charge in [0.1, 0.15) is 16.3 Å². The fraction of sp³-hybridized carbons (Fsp3) is 0.286. The Bertz CT molecular complexity index is 800. The number of hydrogen-bond donors (Lipinski definition) is 1. The van der Waals surface area contributed by atoms with Crippen molar-refractivity contribution in [1.82, 2.24) is 14.5 Å². The molecule has 20 heavy (non-hydrogen) atoms. The van der Waals surface area contributed by atoms with Gasteiger partial charge in [0.2, 0.25) is 0 Å². The van der Waals surface area contributed by atoms with Crippen molar-refractivity contribution in [2.45, 2.75) is 20.4 Å². The number of para-hydroxylation sites is 1. The highest BCUT2D eigenvalue weighted by Gasteiger charge is 2.10. The number of aromatic nitrogens is 3. The van der Waals surface area contributed by atoms with Crippen molar-refractivity contribution in [3.05, 3.63) is 39.1 Å². The molecule has 3 aromatic rings. The first-order chi connectivity index (χ1) is 9.69. The highest BCUT2D eigenvalue weighted by molar-refractivity contribution is 7.71. The summed E-state index contributed by atoms with van der Waals surface area (Å²) in [6.45, 7) is 5.30. The van der Waals surface area contributed by atoms with E-state index in [0.29, 0.717) is 17.9 Å². The van der Waals surface area contributed by atoms with Crippen LogP contribution in [0.2, 0.25) is 0 Å². The van der Waals surface area contributed by atoms with Gasteiger partial charge in [-0.15, -0.1) is 11.3 Å². The summed E-state index contributed by atoms with van der Waals surface area (Å²) in [6, 6.07) is 5.99. The molecule has 0 aliphatic heterocycles. The van der Waals surface area contributed by atoms with Gasteiger partial charge in [-0.2, -0.15) is 0 Å². The van der Waals surface area contributed by atoms with Gasteiger partial charge >= 0.3 is 0 Å². The number of imidazole rings is 1. The van der Waals surface area contributed by atoms with Crippen molar-refractivity contribution in [2.75, 3.05) is 6.61 Å². The Hall–Kier alpha value is -1.66. The Morgan fingerprint density at radius 1 is 1.45 bits per heavy atom. The quantitative estimate of drug-likeness (QED) is 0.743. The number of fused-ring (bicyclic) bond motifs is 1. The zero-order chi connectivity index (χ0) is 14.1.